The van der Waals surface area contributed by atoms with Crippen molar-refractivity contribution in [3.05, 3.63) is 34.6 Å². The van der Waals surface area contributed by atoms with Crippen molar-refractivity contribution in [2.75, 3.05) is 13.1 Å². The molecule has 0 bridgehead atoms. The lowest BCUT2D eigenvalue weighted by molar-refractivity contribution is -0.0439. The predicted molar refractivity (Wildman–Crippen MR) is 71.7 cm³/mol. The molecule has 1 heterocycles. The maximum atomic E-state index is 13.1. The highest BCUT2D eigenvalue weighted by Gasteiger charge is 2.36. The molecule has 1 amide bonds. The van der Waals surface area contributed by atoms with Crippen molar-refractivity contribution in [3.63, 3.8) is 0 Å². The van der Waals surface area contributed by atoms with Gasteiger partial charge in [-0.15, -0.1) is 0 Å². The van der Waals surface area contributed by atoms with Crippen LogP contribution in [0.15, 0.2) is 18.2 Å². The lowest BCUT2D eigenvalue weighted by Gasteiger charge is -2.41. The molecule has 1 aromatic rings. The van der Waals surface area contributed by atoms with Crippen molar-refractivity contribution in [3.8, 4) is 0 Å². The molecule has 104 valence electrons. The van der Waals surface area contributed by atoms with Crippen LogP contribution in [-0.2, 0) is 0 Å². The number of hydrogen-bond acceptors (Lipinski definition) is 2. The molecule has 1 aliphatic rings. The number of carbonyl (C=O) groups excluding carboxylic acids is 1. The Hall–Kier alpha value is -1.13. The average Bonchev–Trinajstić information content (AvgIpc) is 2.35. The summed E-state index contributed by atoms with van der Waals surface area (Å²) in [6.45, 7) is 4.68. The normalized spacial score (nSPS) is 27.4. The third kappa shape index (κ3) is 2.90. The van der Waals surface area contributed by atoms with Crippen LogP contribution >= 0.6 is 11.6 Å². The Morgan fingerprint density at radius 2 is 2.26 bits per heavy atom. The summed E-state index contributed by atoms with van der Waals surface area (Å²) >= 11 is 5.69. The van der Waals surface area contributed by atoms with E-state index in [0.29, 0.717) is 25.1 Å². The number of nitrogens with zero attached hydrogens (tertiary/aromatic N) is 1. The molecule has 1 saturated heterocycles. The van der Waals surface area contributed by atoms with E-state index in [-0.39, 0.29) is 16.8 Å². The second kappa shape index (κ2) is 5.10. The number of likely N-dealkylation sites (tertiary alicyclic amines) is 1. The lowest BCUT2D eigenvalue weighted by atomic mass is 9.84. The van der Waals surface area contributed by atoms with Gasteiger partial charge < -0.3 is 10.0 Å². The van der Waals surface area contributed by atoms with E-state index in [1.165, 1.54) is 18.2 Å². The fourth-order valence-electron chi connectivity index (χ4n) is 2.22. The van der Waals surface area contributed by atoms with Gasteiger partial charge >= 0.3 is 0 Å². The van der Waals surface area contributed by atoms with E-state index in [1.54, 1.807) is 11.8 Å². The van der Waals surface area contributed by atoms with Crippen molar-refractivity contribution >= 4 is 17.5 Å². The first-order valence-electron chi connectivity index (χ1n) is 6.28. The largest absolute Gasteiger partial charge is 0.390 e. The SMILES string of the molecule is C[C@@H]1CN(C(=O)c2ccc(F)c(Cl)c2)CC[C@]1(C)O. The van der Waals surface area contributed by atoms with Crippen LogP contribution in [-0.4, -0.2) is 34.6 Å². The molecule has 1 aliphatic heterocycles. The van der Waals surface area contributed by atoms with Crippen LogP contribution in [0.5, 0.6) is 0 Å². The molecular weight excluding hydrogens is 269 g/mol. The zero-order chi connectivity index (χ0) is 14.2. The van der Waals surface area contributed by atoms with Crippen molar-refractivity contribution in [2.24, 2.45) is 5.92 Å². The van der Waals surface area contributed by atoms with Gasteiger partial charge in [-0.1, -0.05) is 18.5 Å². The third-order valence-corrected chi connectivity index (χ3v) is 4.19. The molecule has 0 spiro atoms. The molecule has 2 atom stereocenters. The van der Waals surface area contributed by atoms with Gasteiger partial charge in [-0.3, -0.25) is 4.79 Å². The van der Waals surface area contributed by atoms with Gasteiger partial charge in [-0.2, -0.15) is 0 Å². The van der Waals surface area contributed by atoms with Crippen molar-refractivity contribution < 1.29 is 14.3 Å². The van der Waals surface area contributed by atoms with E-state index in [0.717, 1.165) is 0 Å². The first-order valence-corrected chi connectivity index (χ1v) is 6.66. The van der Waals surface area contributed by atoms with Crippen LogP contribution in [0.3, 0.4) is 0 Å². The number of halogens is 2. The summed E-state index contributed by atoms with van der Waals surface area (Å²) in [5.74, 6) is -0.710. The number of rotatable bonds is 1. The number of piperidine rings is 1. The average molecular weight is 286 g/mol. The number of amides is 1. The van der Waals surface area contributed by atoms with Crippen molar-refractivity contribution in [1.29, 1.82) is 0 Å². The molecule has 1 fully saturated rings. The summed E-state index contributed by atoms with van der Waals surface area (Å²) in [5.41, 5.74) is -0.364. The van der Waals surface area contributed by atoms with Crippen LogP contribution in [0.1, 0.15) is 30.6 Å². The Bertz CT molecular complexity index is 504. The van der Waals surface area contributed by atoms with E-state index in [9.17, 15) is 14.3 Å². The van der Waals surface area contributed by atoms with Crippen LogP contribution in [0.4, 0.5) is 4.39 Å². The second-order valence-electron chi connectivity index (χ2n) is 5.39. The Morgan fingerprint density at radius 1 is 1.58 bits per heavy atom. The summed E-state index contributed by atoms with van der Waals surface area (Å²) in [6, 6.07) is 3.97. The molecule has 1 N–H and O–H groups in total. The van der Waals surface area contributed by atoms with Gasteiger partial charge in [-0.05, 0) is 31.5 Å². The van der Waals surface area contributed by atoms with Crippen LogP contribution < -0.4 is 0 Å². The van der Waals surface area contributed by atoms with Gasteiger partial charge in [0.1, 0.15) is 5.82 Å². The molecule has 0 saturated carbocycles. The van der Waals surface area contributed by atoms with Gasteiger partial charge in [0.2, 0.25) is 0 Å². The molecule has 3 nitrogen and oxygen atoms in total. The number of hydrogen-bond donors (Lipinski definition) is 1. The Kier molecular flexibility index (Phi) is 3.83. The van der Waals surface area contributed by atoms with E-state index in [2.05, 4.69) is 0 Å². The highest BCUT2D eigenvalue weighted by molar-refractivity contribution is 6.31. The minimum atomic E-state index is -0.739. The summed E-state index contributed by atoms with van der Waals surface area (Å²) in [5, 5.41) is 10.0. The van der Waals surface area contributed by atoms with Gasteiger partial charge in [0.25, 0.3) is 5.91 Å². The topological polar surface area (TPSA) is 40.5 Å². The van der Waals surface area contributed by atoms with Crippen molar-refractivity contribution in [2.45, 2.75) is 25.9 Å². The van der Waals surface area contributed by atoms with Gasteiger partial charge in [0, 0.05) is 24.6 Å². The number of carbonyl (C=O) groups is 1. The number of benzene rings is 1. The van der Waals surface area contributed by atoms with Crippen LogP contribution in [0.2, 0.25) is 5.02 Å². The van der Waals surface area contributed by atoms with Crippen LogP contribution in [0, 0.1) is 11.7 Å². The summed E-state index contributed by atoms with van der Waals surface area (Å²) < 4.78 is 13.1. The third-order valence-electron chi connectivity index (χ3n) is 3.90. The fourth-order valence-corrected chi connectivity index (χ4v) is 2.40. The van der Waals surface area contributed by atoms with E-state index >= 15 is 0 Å². The molecule has 0 aliphatic carbocycles. The first kappa shape index (κ1) is 14.3. The Balaban J connectivity index is 2.14. The molecule has 0 aromatic heterocycles. The predicted octanol–water partition coefficient (Wildman–Crippen LogP) is 2.71. The monoisotopic (exact) mass is 285 g/mol. The molecule has 5 heteroatoms. The maximum absolute atomic E-state index is 13.1. The quantitative estimate of drug-likeness (QED) is 0.862. The summed E-state index contributed by atoms with van der Waals surface area (Å²) in [7, 11) is 0. The zero-order valence-electron chi connectivity index (χ0n) is 11.0. The Morgan fingerprint density at radius 3 is 2.84 bits per heavy atom. The summed E-state index contributed by atoms with van der Waals surface area (Å²) in [6.07, 6.45) is 0.537. The van der Waals surface area contributed by atoms with E-state index in [1.807, 2.05) is 6.92 Å². The minimum absolute atomic E-state index is 0.00104. The van der Waals surface area contributed by atoms with E-state index in [4.69, 9.17) is 11.6 Å². The molecule has 2 rings (SSSR count). The molecular formula is C14H17ClFNO2. The molecule has 19 heavy (non-hydrogen) atoms. The lowest BCUT2D eigenvalue weighted by Crippen LogP contribution is -2.50. The summed E-state index contributed by atoms with van der Waals surface area (Å²) in [4.78, 5) is 14.0. The van der Waals surface area contributed by atoms with E-state index < -0.39 is 11.4 Å². The maximum Gasteiger partial charge on any atom is 0.253 e. The second-order valence-corrected chi connectivity index (χ2v) is 5.80. The number of aliphatic hydroxyl groups is 1. The molecule has 0 unspecified atom stereocenters. The molecule has 1 aromatic carbocycles. The van der Waals surface area contributed by atoms with Gasteiger partial charge in [0.05, 0.1) is 10.6 Å². The molecule has 0 radical (unpaired) electrons. The minimum Gasteiger partial charge on any atom is -0.390 e. The van der Waals surface area contributed by atoms with Crippen molar-refractivity contribution in [1.82, 2.24) is 4.90 Å². The standard InChI is InChI=1S/C14H17ClFNO2/c1-9-8-17(6-5-14(9,2)19)13(18)10-3-4-12(16)11(15)7-10/h3-4,7,9,19H,5-6,8H2,1-2H3/t9-,14+/m1/s1. The highest BCUT2D eigenvalue weighted by atomic mass is 35.5. The fraction of sp³-hybridized carbons (Fsp3) is 0.500. The highest BCUT2D eigenvalue weighted by Crippen LogP contribution is 2.28. The zero-order valence-corrected chi connectivity index (χ0v) is 11.7. The van der Waals surface area contributed by atoms with Gasteiger partial charge in [0.15, 0.2) is 0 Å². The van der Waals surface area contributed by atoms with Gasteiger partial charge in [-0.25, -0.2) is 4.39 Å². The first-order chi connectivity index (χ1) is 8.81. The Labute approximate surface area is 117 Å². The smallest absolute Gasteiger partial charge is 0.253 e. The van der Waals surface area contributed by atoms with Crippen LogP contribution in [0.25, 0.3) is 0 Å².